The number of aromatic nitrogens is 1. The average molecular weight is 694 g/mol. The number of carbonyl (C=O) groups is 1. The van der Waals surface area contributed by atoms with Gasteiger partial charge in [0.05, 0.1) is 0 Å². The van der Waals surface area contributed by atoms with Crippen molar-refractivity contribution in [3.63, 3.8) is 0 Å². The maximum absolute atomic E-state index is 12.2. The summed E-state index contributed by atoms with van der Waals surface area (Å²) in [5, 5.41) is 10.0. The first-order valence-electron chi connectivity index (χ1n) is 14.1. The van der Waals surface area contributed by atoms with E-state index in [1.54, 1.807) is 0 Å². The summed E-state index contributed by atoms with van der Waals surface area (Å²) in [5.74, 6) is -1.00. The summed E-state index contributed by atoms with van der Waals surface area (Å²) < 4.78 is 31.4. The van der Waals surface area contributed by atoms with Gasteiger partial charge in [-0.25, -0.2) is 0 Å². The van der Waals surface area contributed by atoms with Crippen LogP contribution in [0.15, 0.2) is 91.0 Å². The molecule has 1 saturated heterocycles. The molecule has 1 fully saturated rings. The van der Waals surface area contributed by atoms with Crippen LogP contribution in [-0.4, -0.2) is 58.7 Å². The third-order valence-corrected chi connectivity index (χ3v) is 14.4. The van der Waals surface area contributed by atoms with Crippen molar-refractivity contribution in [3.8, 4) is 0 Å². The molecule has 9 heteroatoms. The Bertz CT molecular complexity index is 1430. The number of benzene rings is 3. The summed E-state index contributed by atoms with van der Waals surface area (Å²) in [4.78, 5) is 19.7. The third kappa shape index (κ3) is 7.67. The number of ether oxygens (including phenoxy) is 4. The summed E-state index contributed by atoms with van der Waals surface area (Å²) in [6.45, 7) is 1.50. The van der Waals surface area contributed by atoms with Crippen molar-refractivity contribution in [2.24, 2.45) is 0 Å². The van der Waals surface area contributed by atoms with E-state index >= 15 is 0 Å². The minimum absolute atomic E-state index is 0.147. The number of nitrogens with zero attached hydrogens (tertiary/aromatic N) is 1. The summed E-state index contributed by atoms with van der Waals surface area (Å²) >= 11 is -1.78. The quantitative estimate of drug-likeness (QED) is 0.167. The molecule has 2 heterocycles. The number of aromatic carboxylic acids is 1. The minimum atomic E-state index is -2.99. The molecule has 0 unspecified atom stereocenters. The van der Waals surface area contributed by atoms with Gasteiger partial charge in [-0.15, -0.1) is 0 Å². The van der Waals surface area contributed by atoms with E-state index in [1.807, 2.05) is 91.0 Å². The number of hydrogen-bond acceptors (Lipinski definition) is 7. The first kappa shape index (κ1) is 30.8. The molecule has 0 radical (unpaired) electrons. The molecule has 5 rings (SSSR count). The second-order valence-corrected chi connectivity index (χ2v) is 26.5. The molecule has 1 N–H and O–H groups in total. The van der Waals surface area contributed by atoms with Crippen LogP contribution in [0.4, 0.5) is 0 Å². The fourth-order valence-electron chi connectivity index (χ4n) is 5.22. The molecule has 4 aromatic rings. The molecular weight excluding hydrogens is 657 g/mol. The van der Waals surface area contributed by atoms with E-state index in [0.29, 0.717) is 26.4 Å². The van der Waals surface area contributed by atoms with Crippen molar-refractivity contribution >= 4 is 39.5 Å². The van der Waals surface area contributed by atoms with Crippen LogP contribution in [0.2, 0.25) is 14.8 Å². The number of rotatable bonds is 13. The SMILES string of the molecule is [CH3][Sn]([CH3])([CH3])[c]1c(C(=O)O)nsc1[C@@H]1O[C@H](COCc2ccccc2)[C@@H](OCc2ccccc2)[C@H]1OCc1ccccc1. The Morgan fingerprint density at radius 3 is 1.81 bits per heavy atom. The first-order valence-corrected chi connectivity index (χ1v) is 24.9. The van der Waals surface area contributed by atoms with Crippen molar-refractivity contribution in [1.29, 1.82) is 0 Å². The van der Waals surface area contributed by atoms with Crippen molar-refractivity contribution in [1.82, 2.24) is 4.37 Å². The van der Waals surface area contributed by atoms with E-state index in [2.05, 4.69) is 19.2 Å². The molecule has 0 aliphatic carbocycles. The monoisotopic (exact) mass is 695 g/mol. The van der Waals surface area contributed by atoms with Gasteiger partial charge in [0.2, 0.25) is 0 Å². The molecule has 42 heavy (non-hydrogen) atoms. The molecule has 0 spiro atoms. The molecule has 1 aromatic heterocycles. The maximum atomic E-state index is 12.2. The van der Waals surface area contributed by atoms with E-state index in [4.69, 9.17) is 18.9 Å². The predicted octanol–water partition coefficient (Wildman–Crippen LogP) is 6.21. The van der Waals surface area contributed by atoms with Crippen LogP contribution in [0.25, 0.3) is 0 Å². The van der Waals surface area contributed by atoms with Crippen molar-refractivity contribution in [2.75, 3.05) is 6.61 Å². The van der Waals surface area contributed by atoms with Crippen LogP contribution in [0.5, 0.6) is 0 Å². The Hall–Kier alpha value is -2.60. The zero-order chi connectivity index (χ0) is 29.5. The van der Waals surface area contributed by atoms with Crippen LogP contribution in [0.1, 0.15) is 38.2 Å². The second kappa shape index (κ2) is 14.2. The zero-order valence-corrected chi connectivity index (χ0v) is 27.8. The number of hydrogen-bond donors (Lipinski definition) is 1. The summed E-state index contributed by atoms with van der Waals surface area (Å²) in [6.07, 6.45) is -1.90. The van der Waals surface area contributed by atoms with E-state index in [0.717, 1.165) is 25.1 Å². The molecule has 0 saturated carbocycles. The van der Waals surface area contributed by atoms with Crippen LogP contribution in [0, 0.1) is 0 Å². The van der Waals surface area contributed by atoms with Gasteiger partial charge in [0.25, 0.3) is 0 Å². The Balaban J connectivity index is 1.47. The Labute approximate surface area is 255 Å². The standard InChI is InChI=1S/C30H28NO6S.3CH3.Sn/c32-30(33)24-16-26(38-31-24)28-29(36-19-23-14-8-3-9-15-23)27(35-18-22-12-6-2-7-13-22)25(37-28)20-34-17-21-10-4-1-5-11-21;;;;/h1-15,25,27-29H,17-20H2,(H,32,33);3*1H3;/t25-,27-,28+,29-;;;;/m1..../s1. The van der Waals surface area contributed by atoms with Crippen LogP contribution < -0.4 is 3.58 Å². The van der Waals surface area contributed by atoms with E-state index in [9.17, 15) is 9.90 Å². The van der Waals surface area contributed by atoms with E-state index < -0.39 is 48.8 Å². The number of carboxylic acid groups (broad SMARTS) is 1. The molecule has 4 atom stereocenters. The number of carboxylic acids is 1. The van der Waals surface area contributed by atoms with Gasteiger partial charge in [-0.05, 0) is 0 Å². The van der Waals surface area contributed by atoms with Crippen molar-refractivity contribution in [2.45, 2.75) is 59.1 Å². The normalized spacial score (nSPS) is 20.5. The molecule has 0 amide bonds. The van der Waals surface area contributed by atoms with Crippen molar-refractivity contribution < 1.29 is 28.8 Å². The molecule has 0 bridgehead atoms. The fourth-order valence-corrected chi connectivity index (χ4v) is 13.7. The van der Waals surface area contributed by atoms with Gasteiger partial charge in [0.15, 0.2) is 0 Å². The fraction of sp³-hybridized carbons (Fsp3) is 0.333. The van der Waals surface area contributed by atoms with Crippen LogP contribution >= 0.6 is 11.5 Å². The van der Waals surface area contributed by atoms with Gasteiger partial charge in [-0.3, -0.25) is 0 Å². The molecule has 1 aliphatic heterocycles. The van der Waals surface area contributed by atoms with E-state index in [-0.39, 0.29) is 5.69 Å². The Kier molecular flexibility index (Phi) is 10.5. The van der Waals surface area contributed by atoms with Gasteiger partial charge in [-0.2, -0.15) is 0 Å². The molecule has 3 aromatic carbocycles. The van der Waals surface area contributed by atoms with E-state index in [1.165, 1.54) is 11.5 Å². The summed E-state index contributed by atoms with van der Waals surface area (Å²) in [5.41, 5.74) is 3.30. The molecule has 220 valence electrons. The second-order valence-electron chi connectivity index (χ2n) is 11.4. The van der Waals surface area contributed by atoms with Crippen LogP contribution in [-0.2, 0) is 38.8 Å². The zero-order valence-electron chi connectivity index (χ0n) is 24.1. The Morgan fingerprint density at radius 1 is 0.810 bits per heavy atom. The van der Waals surface area contributed by atoms with Crippen LogP contribution in [0.3, 0.4) is 0 Å². The topological polar surface area (TPSA) is 87.1 Å². The first-order chi connectivity index (χ1) is 20.3. The Morgan fingerprint density at radius 2 is 1.31 bits per heavy atom. The molecule has 7 nitrogen and oxygen atoms in total. The van der Waals surface area contributed by atoms with Gasteiger partial charge in [0, 0.05) is 0 Å². The summed E-state index contributed by atoms with van der Waals surface area (Å²) in [7, 11) is 0. The molecule has 1 aliphatic rings. The van der Waals surface area contributed by atoms with Gasteiger partial charge in [0.1, 0.15) is 0 Å². The van der Waals surface area contributed by atoms with Gasteiger partial charge in [-0.1, -0.05) is 0 Å². The third-order valence-electron chi connectivity index (χ3n) is 7.20. The molecular formula is C33H37NO6SSn. The van der Waals surface area contributed by atoms with Gasteiger partial charge >= 0.3 is 257 Å². The average Bonchev–Trinajstić information content (AvgIpc) is 3.59. The van der Waals surface area contributed by atoms with Gasteiger partial charge < -0.3 is 0 Å². The summed E-state index contributed by atoms with van der Waals surface area (Å²) in [6, 6.07) is 30.0. The predicted molar refractivity (Wildman–Crippen MR) is 166 cm³/mol. The van der Waals surface area contributed by atoms with Crippen molar-refractivity contribution in [3.05, 3.63) is 118 Å².